The Kier molecular flexibility index (Phi) is 7.71. The highest BCUT2D eigenvalue weighted by Gasteiger charge is 2.21. The van der Waals surface area contributed by atoms with E-state index in [0.717, 1.165) is 11.1 Å². The average Bonchev–Trinajstić information content (AvgIpc) is 2.82. The van der Waals surface area contributed by atoms with Gasteiger partial charge in [0.2, 0.25) is 5.91 Å². The van der Waals surface area contributed by atoms with Crippen LogP contribution in [0.4, 0.5) is 10.1 Å². The minimum Gasteiger partial charge on any atom is -0.480 e. The van der Waals surface area contributed by atoms with E-state index in [1.807, 2.05) is 0 Å². The number of hydrogen-bond donors (Lipinski definition) is 4. The molecule has 0 fully saturated rings. The van der Waals surface area contributed by atoms with Gasteiger partial charge in [-0.05, 0) is 66.1 Å². The Morgan fingerprint density at radius 1 is 0.794 bits per heavy atom. The lowest BCUT2D eigenvalue weighted by Crippen LogP contribution is -2.41. The Balaban J connectivity index is 1.63. The summed E-state index contributed by atoms with van der Waals surface area (Å²) in [7, 11) is 0. The number of carboxylic acids is 1. The summed E-state index contributed by atoms with van der Waals surface area (Å²) in [5.41, 5.74) is 7.83. The van der Waals surface area contributed by atoms with E-state index in [4.69, 9.17) is 5.73 Å². The zero-order chi connectivity index (χ0) is 24.7. The van der Waals surface area contributed by atoms with E-state index in [1.54, 1.807) is 48.5 Å². The fourth-order valence-electron chi connectivity index (χ4n) is 3.15. The summed E-state index contributed by atoms with van der Waals surface area (Å²) in [6, 6.07) is 17.5. The standard InChI is InChI=1S/C25H22FN3O5/c26-19-9-5-18(6-10-19)23(31)28-20-11-7-16(8-12-20)15-1-3-17(4-2-15)24(32)29-21(25(33)34)13-14-22(27)30/h1-12,21H,13-14H2,(H2,27,30)(H,28,31)(H,29,32)(H,33,34)/t21-/m0/s1. The van der Waals surface area contributed by atoms with Crippen molar-refractivity contribution in [1.29, 1.82) is 0 Å². The minimum absolute atomic E-state index is 0.0987. The molecule has 3 aromatic rings. The van der Waals surface area contributed by atoms with Crippen LogP contribution in [0.2, 0.25) is 0 Å². The van der Waals surface area contributed by atoms with Gasteiger partial charge in [0.15, 0.2) is 0 Å². The van der Waals surface area contributed by atoms with Crippen LogP contribution >= 0.6 is 0 Å². The lowest BCUT2D eigenvalue weighted by Gasteiger charge is -2.14. The highest BCUT2D eigenvalue weighted by Crippen LogP contribution is 2.22. The Morgan fingerprint density at radius 2 is 1.29 bits per heavy atom. The number of aliphatic carboxylic acids is 1. The van der Waals surface area contributed by atoms with Crippen LogP contribution in [0.25, 0.3) is 11.1 Å². The molecule has 0 aromatic heterocycles. The van der Waals surface area contributed by atoms with Crippen LogP contribution in [0.15, 0.2) is 72.8 Å². The summed E-state index contributed by atoms with van der Waals surface area (Å²) in [6.07, 6.45) is -0.255. The normalized spacial score (nSPS) is 11.3. The van der Waals surface area contributed by atoms with Gasteiger partial charge >= 0.3 is 5.97 Å². The lowest BCUT2D eigenvalue weighted by molar-refractivity contribution is -0.139. The van der Waals surface area contributed by atoms with Gasteiger partial charge in [-0.25, -0.2) is 9.18 Å². The molecule has 5 N–H and O–H groups in total. The highest BCUT2D eigenvalue weighted by atomic mass is 19.1. The van der Waals surface area contributed by atoms with Crippen LogP contribution in [0.1, 0.15) is 33.6 Å². The Morgan fingerprint density at radius 3 is 1.82 bits per heavy atom. The molecule has 3 aromatic carbocycles. The van der Waals surface area contributed by atoms with Gasteiger partial charge in [-0.1, -0.05) is 24.3 Å². The largest absolute Gasteiger partial charge is 0.480 e. The van der Waals surface area contributed by atoms with Crippen molar-refractivity contribution in [2.24, 2.45) is 5.73 Å². The third-order valence-corrected chi connectivity index (χ3v) is 5.01. The van der Waals surface area contributed by atoms with E-state index < -0.39 is 29.6 Å². The first-order chi connectivity index (χ1) is 16.2. The first-order valence-electron chi connectivity index (χ1n) is 10.3. The van der Waals surface area contributed by atoms with Gasteiger partial charge in [0.05, 0.1) is 0 Å². The molecule has 0 aliphatic rings. The maximum absolute atomic E-state index is 13.0. The van der Waals surface area contributed by atoms with Gasteiger partial charge < -0.3 is 21.5 Å². The zero-order valence-corrected chi connectivity index (χ0v) is 18.0. The summed E-state index contributed by atoms with van der Waals surface area (Å²) in [4.78, 5) is 46.8. The van der Waals surface area contributed by atoms with Crippen molar-refractivity contribution < 1.29 is 28.7 Å². The van der Waals surface area contributed by atoms with Gasteiger partial charge in [-0.3, -0.25) is 14.4 Å². The smallest absolute Gasteiger partial charge is 0.326 e. The monoisotopic (exact) mass is 463 g/mol. The molecular formula is C25H22FN3O5. The molecular weight excluding hydrogens is 441 g/mol. The van der Waals surface area contributed by atoms with Crippen molar-refractivity contribution in [2.45, 2.75) is 18.9 Å². The third kappa shape index (κ3) is 6.49. The molecule has 0 aliphatic carbocycles. The van der Waals surface area contributed by atoms with Crippen LogP contribution in [0, 0.1) is 5.82 Å². The Hall–Kier alpha value is -4.53. The first-order valence-corrected chi connectivity index (χ1v) is 10.3. The van der Waals surface area contributed by atoms with E-state index in [-0.39, 0.29) is 24.3 Å². The number of anilines is 1. The van der Waals surface area contributed by atoms with Crippen molar-refractivity contribution in [3.8, 4) is 11.1 Å². The van der Waals surface area contributed by atoms with Gasteiger partial charge in [-0.2, -0.15) is 0 Å². The number of hydrogen-bond acceptors (Lipinski definition) is 4. The highest BCUT2D eigenvalue weighted by molar-refractivity contribution is 6.04. The molecule has 0 aliphatic heterocycles. The van der Waals surface area contributed by atoms with E-state index >= 15 is 0 Å². The molecule has 0 radical (unpaired) electrons. The summed E-state index contributed by atoms with van der Waals surface area (Å²) in [5.74, 6) is -3.27. The summed E-state index contributed by atoms with van der Waals surface area (Å²) in [6.45, 7) is 0. The maximum Gasteiger partial charge on any atom is 0.326 e. The summed E-state index contributed by atoms with van der Waals surface area (Å²) in [5, 5.41) is 14.3. The zero-order valence-electron chi connectivity index (χ0n) is 18.0. The SMILES string of the molecule is NC(=O)CC[C@H](NC(=O)c1ccc(-c2ccc(NC(=O)c3ccc(F)cc3)cc2)cc1)C(=O)O. The number of carbonyl (C=O) groups excluding carboxylic acids is 3. The van der Waals surface area contributed by atoms with Crippen molar-refractivity contribution in [3.05, 3.63) is 89.7 Å². The molecule has 9 heteroatoms. The second kappa shape index (κ2) is 10.9. The van der Waals surface area contributed by atoms with Crippen LogP contribution in [-0.2, 0) is 9.59 Å². The van der Waals surface area contributed by atoms with Crippen molar-refractivity contribution in [1.82, 2.24) is 5.32 Å². The number of halogens is 1. The Labute approximate surface area is 194 Å². The first kappa shape index (κ1) is 24.1. The third-order valence-electron chi connectivity index (χ3n) is 5.01. The molecule has 8 nitrogen and oxygen atoms in total. The average molecular weight is 463 g/mol. The second-order valence-corrected chi connectivity index (χ2v) is 7.48. The minimum atomic E-state index is -1.25. The van der Waals surface area contributed by atoms with Crippen LogP contribution in [0.5, 0.6) is 0 Å². The van der Waals surface area contributed by atoms with E-state index in [2.05, 4.69) is 10.6 Å². The van der Waals surface area contributed by atoms with Crippen LogP contribution in [-0.4, -0.2) is 34.8 Å². The number of benzene rings is 3. The van der Waals surface area contributed by atoms with E-state index in [9.17, 15) is 28.7 Å². The molecule has 0 heterocycles. The quantitative estimate of drug-likeness (QED) is 0.386. The number of primary amides is 1. The Bertz CT molecular complexity index is 1190. The molecule has 0 saturated heterocycles. The molecule has 3 amide bonds. The summed E-state index contributed by atoms with van der Waals surface area (Å²) < 4.78 is 13.0. The topological polar surface area (TPSA) is 139 Å². The molecule has 34 heavy (non-hydrogen) atoms. The number of rotatable bonds is 9. The second-order valence-electron chi connectivity index (χ2n) is 7.48. The van der Waals surface area contributed by atoms with Crippen molar-refractivity contribution in [3.63, 3.8) is 0 Å². The number of nitrogens with two attached hydrogens (primary N) is 1. The molecule has 174 valence electrons. The van der Waals surface area contributed by atoms with E-state index in [0.29, 0.717) is 11.3 Å². The van der Waals surface area contributed by atoms with Crippen LogP contribution in [0.3, 0.4) is 0 Å². The molecule has 0 spiro atoms. The van der Waals surface area contributed by atoms with Gasteiger partial charge in [0, 0.05) is 23.2 Å². The van der Waals surface area contributed by atoms with Crippen molar-refractivity contribution in [2.75, 3.05) is 5.32 Å². The number of nitrogens with one attached hydrogen (secondary N) is 2. The molecule has 1 atom stereocenters. The maximum atomic E-state index is 13.0. The van der Waals surface area contributed by atoms with Gasteiger partial charge in [-0.15, -0.1) is 0 Å². The molecule has 0 bridgehead atoms. The number of carbonyl (C=O) groups is 4. The van der Waals surface area contributed by atoms with Crippen LogP contribution < -0.4 is 16.4 Å². The van der Waals surface area contributed by atoms with Gasteiger partial charge in [0.25, 0.3) is 11.8 Å². The molecule has 0 unspecified atom stereocenters. The predicted octanol–water partition coefficient (Wildman–Crippen LogP) is 3.19. The molecule has 0 saturated carbocycles. The van der Waals surface area contributed by atoms with E-state index in [1.165, 1.54) is 24.3 Å². The lowest BCUT2D eigenvalue weighted by atomic mass is 10.0. The van der Waals surface area contributed by atoms with Gasteiger partial charge in [0.1, 0.15) is 11.9 Å². The molecule has 3 rings (SSSR count). The predicted molar refractivity (Wildman–Crippen MR) is 124 cm³/mol. The summed E-state index contributed by atoms with van der Waals surface area (Å²) >= 11 is 0. The fraction of sp³-hybridized carbons (Fsp3) is 0.120. The number of carboxylic acid groups (broad SMARTS) is 1. The van der Waals surface area contributed by atoms with Crippen molar-refractivity contribution >= 4 is 29.4 Å². The number of amides is 3. The fourth-order valence-corrected chi connectivity index (χ4v) is 3.15.